The number of fused-ring (bicyclic) bond motifs is 8. The molecule has 0 N–H and O–H groups in total. The van der Waals surface area contributed by atoms with E-state index in [1.165, 1.54) is 49.4 Å². The molecule has 0 saturated heterocycles. The van der Waals surface area contributed by atoms with Gasteiger partial charge in [0, 0.05) is 32.9 Å². The number of hydrogen-bond donors (Lipinski definition) is 0. The fraction of sp³-hybridized carbons (Fsp3) is 0. The molecule has 3 aromatic heterocycles. The number of nitrogens with zero attached hydrogens (tertiary/aromatic N) is 2. The zero-order valence-electron chi connectivity index (χ0n) is 25.5. The Bertz CT molecular complexity index is 2760. The third-order valence-electron chi connectivity index (χ3n) is 9.54. The van der Waals surface area contributed by atoms with E-state index in [2.05, 4.69) is 167 Å². The molecule has 0 fully saturated rings. The summed E-state index contributed by atoms with van der Waals surface area (Å²) in [4.78, 5) is 0. The van der Waals surface area contributed by atoms with Crippen LogP contribution in [0, 0.1) is 0 Å². The first kappa shape index (κ1) is 26.0. The second-order valence-corrected chi connectivity index (χ2v) is 12.2. The third kappa shape index (κ3) is 3.93. The fourth-order valence-electron chi connectivity index (χ4n) is 7.37. The molecule has 0 atom stereocenters. The van der Waals surface area contributed by atoms with Gasteiger partial charge in [0.25, 0.3) is 0 Å². The standard InChI is InChI=1S/C44H28N2O/c1-3-11-29(12-4-1)31-21-25-40-37(27-31)38-28-32(22-26-41(38)45(40)33-13-5-2-6-14-33)30-19-23-34(24-20-30)46-39-17-9-7-15-35(39)43-36-16-8-10-18-42(36)47-44(43)46/h1-28H. The minimum atomic E-state index is 0.879. The first-order valence-electron chi connectivity index (χ1n) is 16.0. The molecule has 47 heavy (non-hydrogen) atoms. The van der Waals surface area contributed by atoms with Crippen LogP contribution in [0.4, 0.5) is 0 Å². The molecule has 0 aliphatic carbocycles. The summed E-state index contributed by atoms with van der Waals surface area (Å²) < 4.78 is 11.1. The molecule has 3 heterocycles. The van der Waals surface area contributed by atoms with Crippen LogP contribution in [0.25, 0.3) is 88.4 Å². The summed E-state index contributed by atoms with van der Waals surface area (Å²) in [6, 6.07) is 60.7. The summed E-state index contributed by atoms with van der Waals surface area (Å²) in [7, 11) is 0. The van der Waals surface area contributed by atoms with Crippen LogP contribution in [0.15, 0.2) is 174 Å². The van der Waals surface area contributed by atoms with E-state index in [1.807, 2.05) is 12.1 Å². The predicted molar refractivity (Wildman–Crippen MR) is 196 cm³/mol. The van der Waals surface area contributed by atoms with E-state index >= 15 is 0 Å². The molecule has 0 unspecified atom stereocenters. The van der Waals surface area contributed by atoms with Gasteiger partial charge in [0.05, 0.1) is 21.9 Å². The Labute approximate surface area is 271 Å². The lowest BCUT2D eigenvalue weighted by Gasteiger charge is -2.09. The van der Waals surface area contributed by atoms with E-state index in [4.69, 9.17) is 4.42 Å². The number of hydrogen-bond acceptors (Lipinski definition) is 1. The van der Waals surface area contributed by atoms with Crippen LogP contribution in [-0.2, 0) is 0 Å². The third-order valence-corrected chi connectivity index (χ3v) is 9.54. The van der Waals surface area contributed by atoms with Gasteiger partial charge in [0.2, 0.25) is 5.71 Å². The normalized spacial score (nSPS) is 11.8. The molecule has 0 radical (unpaired) electrons. The Balaban J connectivity index is 1.14. The van der Waals surface area contributed by atoms with E-state index < -0.39 is 0 Å². The molecule has 10 rings (SSSR count). The predicted octanol–water partition coefficient (Wildman–Crippen LogP) is 12.0. The Kier molecular flexibility index (Phi) is 5.57. The summed E-state index contributed by atoms with van der Waals surface area (Å²) in [5.74, 6) is 0. The average Bonchev–Trinajstić information content (AvgIpc) is 3.79. The van der Waals surface area contributed by atoms with Crippen molar-refractivity contribution in [1.82, 2.24) is 9.13 Å². The summed E-state index contributed by atoms with van der Waals surface area (Å²) >= 11 is 0. The molecule has 0 amide bonds. The maximum absolute atomic E-state index is 6.47. The van der Waals surface area contributed by atoms with Crippen molar-refractivity contribution in [2.75, 3.05) is 0 Å². The number of rotatable bonds is 4. The van der Waals surface area contributed by atoms with Crippen LogP contribution in [0.1, 0.15) is 0 Å². The Morgan fingerprint density at radius 1 is 0.340 bits per heavy atom. The number of aromatic nitrogens is 2. The topological polar surface area (TPSA) is 23.0 Å². The molecule has 3 heteroatoms. The van der Waals surface area contributed by atoms with Crippen LogP contribution in [-0.4, -0.2) is 9.13 Å². The van der Waals surface area contributed by atoms with Crippen molar-refractivity contribution in [2.24, 2.45) is 0 Å². The van der Waals surface area contributed by atoms with Crippen molar-refractivity contribution >= 4 is 54.8 Å². The molecule has 7 aromatic carbocycles. The van der Waals surface area contributed by atoms with Gasteiger partial charge in [-0.05, 0) is 82.9 Å². The van der Waals surface area contributed by atoms with Crippen molar-refractivity contribution < 1.29 is 4.42 Å². The monoisotopic (exact) mass is 600 g/mol. The molecular weight excluding hydrogens is 572 g/mol. The Morgan fingerprint density at radius 3 is 1.55 bits per heavy atom. The highest BCUT2D eigenvalue weighted by Gasteiger charge is 2.19. The molecule has 0 aliphatic rings. The van der Waals surface area contributed by atoms with Crippen LogP contribution in [0.2, 0.25) is 0 Å². The molecule has 0 saturated carbocycles. The minimum Gasteiger partial charge on any atom is -0.439 e. The lowest BCUT2D eigenvalue weighted by atomic mass is 10.00. The molecule has 10 aromatic rings. The highest BCUT2D eigenvalue weighted by Crippen LogP contribution is 2.40. The lowest BCUT2D eigenvalue weighted by molar-refractivity contribution is 0.645. The van der Waals surface area contributed by atoms with Crippen molar-refractivity contribution in [3.05, 3.63) is 170 Å². The maximum atomic E-state index is 6.47. The van der Waals surface area contributed by atoms with Gasteiger partial charge in [-0.3, -0.25) is 4.57 Å². The highest BCUT2D eigenvalue weighted by molar-refractivity contribution is 6.20. The van der Waals surface area contributed by atoms with Gasteiger partial charge in [-0.15, -0.1) is 0 Å². The van der Waals surface area contributed by atoms with Gasteiger partial charge < -0.3 is 8.98 Å². The molecule has 0 aliphatic heterocycles. The van der Waals surface area contributed by atoms with Gasteiger partial charge in [-0.25, -0.2) is 0 Å². The highest BCUT2D eigenvalue weighted by atomic mass is 16.3. The lowest BCUT2D eigenvalue weighted by Crippen LogP contribution is -1.93. The molecule has 0 bridgehead atoms. The zero-order valence-corrected chi connectivity index (χ0v) is 25.5. The van der Waals surface area contributed by atoms with Crippen molar-refractivity contribution in [3.8, 4) is 33.6 Å². The van der Waals surface area contributed by atoms with Crippen LogP contribution in [0.3, 0.4) is 0 Å². The largest absolute Gasteiger partial charge is 0.439 e. The summed E-state index contributed by atoms with van der Waals surface area (Å²) in [5, 5.41) is 5.99. The van der Waals surface area contributed by atoms with Gasteiger partial charge in [0.15, 0.2) is 0 Å². The van der Waals surface area contributed by atoms with Gasteiger partial charge in [-0.1, -0.05) is 109 Å². The van der Waals surface area contributed by atoms with E-state index in [-0.39, 0.29) is 0 Å². The van der Waals surface area contributed by atoms with Crippen molar-refractivity contribution in [1.29, 1.82) is 0 Å². The summed E-state index contributed by atoms with van der Waals surface area (Å²) in [6.45, 7) is 0. The van der Waals surface area contributed by atoms with Crippen LogP contribution in [0.5, 0.6) is 0 Å². The Morgan fingerprint density at radius 2 is 0.851 bits per heavy atom. The summed E-state index contributed by atoms with van der Waals surface area (Å²) in [6.07, 6.45) is 0. The SMILES string of the molecule is c1ccc(-c2ccc3c(c2)c2cc(-c4ccc(-n5c6ccccc6c6c7ccccc7oc65)cc4)ccc2n3-c2ccccc2)cc1. The van der Waals surface area contributed by atoms with Crippen LogP contribution >= 0.6 is 0 Å². The van der Waals surface area contributed by atoms with E-state index in [0.29, 0.717) is 0 Å². The van der Waals surface area contributed by atoms with Gasteiger partial charge >= 0.3 is 0 Å². The quantitative estimate of drug-likeness (QED) is 0.197. The first-order chi connectivity index (χ1) is 23.3. The summed E-state index contributed by atoms with van der Waals surface area (Å²) in [5.41, 5.74) is 12.4. The smallest absolute Gasteiger partial charge is 0.213 e. The van der Waals surface area contributed by atoms with E-state index in [0.717, 1.165) is 39.0 Å². The first-order valence-corrected chi connectivity index (χ1v) is 16.0. The van der Waals surface area contributed by atoms with Gasteiger partial charge in [-0.2, -0.15) is 0 Å². The number of furan rings is 1. The van der Waals surface area contributed by atoms with Crippen molar-refractivity contribution in [2.45, 2.75) is 0 Å². The number of para-hydroxylation sites is 3. The minimum absolute atomic E-state index is 0.879. The van der Waals surface area contributed by atoms with Gasteiger partial charge in [0.1, 0.15) is 5.58 Å². The zero-order chi connectivity index (χ0) is 30.9. The molecular formula is C44H28N2O. The molecule has 220 valence electrons. The maximum Gasteiger partial charge on any atom is 0.213 e. The van der Waals surface area contributed by atoms with E-state index in [9.17, 15) is 0 Å². The van der Waals surface area contributed by atoms with Crippen molar-refractivity contribution in [3.63, 3.8) is 0 Å². The van der Waals surface area contributed by atoms with Crippen LogP contribution < -0.4 is 0 Å². The number of benzene rings is 7. The van der Waals surface area contributed by atoms with E-state index in [1.54, 1.807) is 0 Å². The second kappa shape index (κ2) is 10.1. The molecule has 0 spiro atoms. The molecule has 3 nitrogen and oxygen atoms in total. The second-order valence-electron chi connectivity index (χ2n) is 12.2. The average molecular weight is 601 g/mol. The fourth-order valence-corrected chi connectivity index (χ4v) is 7.37. The Hall–Kier alpha value is -6.32.